The number of anilines is 1. The van der Waals surface area contributed by atoms with Gasteiger partial charge in [0.2, 0.25) is 5.91 Å². The van der Waals surface area contributed by atoms with E-state index in [4.69, 9.17) is 0 Å². The van der Waals surface area contributed by atoms with Gasteiger partial charge in [0.1, 0.15) is 0 Å². The van der Waals surface area contributed by atoms with Crippen molar-refractivity contribution in [1.82, 2.24) is 4.90 Å². The van der Waals surface area contributed by atoms with Gasteiger partial charge in [-0.25, -0.2) is 0 Å². The van der Waals surface area contributed by atoms with Crippen LogP contribution in [-0.2, 0) is 4.79 Å². The molecule has 0 spiro atoms. The minimum Gasteiger partial charge on any atom is -0.345 e. The van der Waals surface area contributed by atoms with Crippen molar-refractivity contribution in [1.29, 1.82) is 0 Å². The van der Waals surface area contributed by atoms with Crippen molar-refractivity contribution in [3.63, 3.8) is 0 Å². The van der Waals surface area contributed by atoms with Crippen LogP contribution in [0.15, 0.2) is 54.6 Å². The Hall–Kier alpha value is -2.62. The van der Waals surface area contributed by atoms with E-state index >= 15 is 0 Å². The van der Waals surface area contributed by atoms with Crippen molar-refractivity contribution in [2.75, 3.05) is 19.4 Å². The summed E-state index contributed by atoms with van der Waals surface area (Å²) in [6.45, 7) is 4.19. The van der Waals surface area contributed by atoms with Gasteiger partial charge in [0.15, 0.2) is 0 Å². The zero-order valence-electron chi connectivity index (χ0n) is 15.3. The highest BCUT2D eigenvalue weighted by Crippen LogP contribution is 2.28. The second kappa shape index (κ2) is 8.47. The summed E-state index contributed by atoms with van der Waals surface area (Å²) in [5, 5.41) is 2.99. The van der Waals surface area contributed by atoms with Crippen LogP contribution >= 0.6 is 0 Å². The molecular formula is C21H26N2O2. The van der Waals surface area contributed by atoms with Crippen LogP contribution < -0.4 is 5.32 Å². The summed E-state index contributed by atoms with van der Waals surface area (Å²) in [7, 11) is 3.43. The van der Waals surface area contributed by atoms with Crippen LogP contribution in [0.4, 0.5) is 5.69 Å². The van der Waals surface area contributed by atoms with E-state index in [1.54, 1.807) is 38.4 Å². The normalized spacial score (nSPS) is 13.0. The molecular weight excluding hydrogens is 312 g/mol. The Morgan fingerprint density at radius 2 is 1.60 bits per heavy atom. The molecule has 1 N–H and O–H groups in total. The van der Waals surface area contributed by atoms with E-state index in [1.807, 2.05) is 30.3 Å². The quantitative estimate of drug-likeness (QED) is 0.860. The lowest BCUT2D eigenvalue weighted by Crippen LogP contribution is -2.26. The summed E-state index contributed by atoms with van der Waals surface area (Å²) in [5.74, 6) is -0.0434. The van der Waals surface area contributed by atoms with Crippen LogP contribution in [-0.4, -0.2) is 30.8 Å². The Bertz CT molecular complexity index is 708. The average Bonchev–Trinajstić information content (AvgIpc) is 2.62. The molecule has 0 aliphatic carbocycles. The van der Waals surface area contributed by atoms with Crippen LogP contribution in [0.2, 0.25) is 0 Å². The van der Waals surface area contributed by atoms with Crippen molar-refractivity contribution in [2.24, 2.45) is 5.92 Å². The van der Waals surface area contributed by atoms with E-state index in [9.17, 15) is 9.59 Å². The minimum absolute atomic E-state index is 0.0211. The predicted molar refractivity (Wildman–Crippen MR) is 102 cm³/mol. The zero-order valence-corrected chi connectivity index (χ0v) is 15.3. The smallest absolute Gasteiger partial charge is 0.253 e. The number of carbonyl (C=O) groups excluding carboxylic acids is 2. The van der Waals surface area contributed by atoms with Gasteiger partial charge < -0.3 is 10.2 Å². The maximum Gasteiger partial charge on any atom is 0.253 e. The highest BCUT2D eigenvalue weighted by atomic mass is 16.2. The number of hydrogen-bond donors (Lipinski definition) is 1. The SMILES string of the molecule is CCC(C)C(C(=O)Nc1ccc(C(=O)N(C)C)cc1)c1ccccc1. The molecule has 0 aliphatic heterocycles. The molecule has 2 aromatic rings. The lowest BCUT2D eigenvalue weighted by molar-refractivity contribution is -0.118. The maximum atomic E-state index is 12.9. The third-order valence-electron chi connectivity index (χ3n) is 4.46. The van der Waals surface area contributed by atoms with Crippen LogP contribution in [0.5, 0.6) is 0 Å². The molecule has 2 unspecified atom stereocenters. The van der Waals surface area contributed by atoms with Crippen molar-refractivity contribution in [2.45, 2.75) is 26.2 Å². The Morgan fingerprint density at radius 1 is 1.00 bits per heavy atom. The number of benzene rings is 2. The summed E-state index contributed by atoms with van der Waals surface area (Å²) >= 11 is 0. The number of nitrogens with zero attached hydrogens (tertiary/aromatic N) is 1. The molecule has 0 aromatic heterocycles. The molecule has 2 amide bonds. The molecule has 2 aromatic carbocycles. The first-order chi connectivity index (χ1) is 11.9. The number of carbonyl (C=O) groups is 2. The topological polar surface area (TPSA) is 49.4 Å². The average molecular weight is 338 g/mol. The summed E-state index contributed by atoms with van der Waals surface area (Å²) in [6, 6.07) is 16.9. The molecule has 25 heavy (non-hydrogen) atoms. The molecule has 0 aliphatic rings. The van der Waals surface area contributed by atoms with Crippen LogP contribution in [0.3, 0.4) is 0 Å². The van der Waals surface area contributed by atoms with Crippen molar-refractivity contribution in [3.05, 3.63) is 65.7 Å². The van der Waals surface area contributed by atoms with Crippen LogP contribution in [0, 0.1) is 5.92 Å². The number of nitrogens with one attached hydrogen (secondary N) is 1. The Kier molecular flexibility index (Phi) is 6.34. The van der Waals surface area contributed by atoms with Gasteiger partial charge in [0.05, 0.1) is 5.92 Å². The molecule has 2 atom stereocenters. The third-order valence-corrected chi connectivity index (χ3v) is 4.46. The molecule has 4 nitrogen and oxygen atoms in total. The van der Waals surface area contributed by atoms with Gasteiger partial charge >= 0.3 is 0 Å². The summed E-state index contributed by atoms with van der Waals surface area (Å²) in [5.41, 5.74) is 2.32. The van der Waals surface area contributed by atoms with Gasteiger partial charge in [-0.15, -0.1) is 0 Å². The molecule has 0 bridgehead atoms. The first-order valence-corrected chi connectivity index (χ1v) is 8.61. The van der Waals surface area contributed by atoms with Gasteiger partial charge in [-0.2, -0.15) is 0 Å². The van der Waals surface area contributed by atoms with E-state index in [-0.39, 0.29) is 23.7 Å². The lowest BCUT2D eigenvalue weighted by Gasteiger charge is -2.23. The van der Waals surface area contributed by atoms with Crippen LogP contribution in [0.1, 0.15) is 42.1 Å². The number of rotatable bonds is 6. The second-order valence-corrected chi connectivity index (χ2v) is 6.54. The molecule has 0 radical (unpaired) electrons. The van der Waals surface area contributed by atoms with E-state index < -0.39 is 0 Å². The Balaban J connectivity index is 2.17. The first kappa shape index (κ1) is 18.7. The van der Waals surface area contributed by atoms with Gasteiger partial charge in [0.25, 0.3) is 5.91 Å². The number of amides is 2. The maximum absolute atomic E-state index is 12.9. The van der Waals surface area contributed by atoms with E-state index in [0.717, 1.165) is 12.0 Å². The van der Waals surface area contributed by atoms with E-state index in [0.29, 0.717) is 11.3 Å². The first-order valence-electron chi connectivity index (χ1n) is 8.61. The Morgan fingerprint density at radius 3 is 2.12 bits per heavy atom. The predicted octanol–water partition coefficient (Wildman–Crippen LogP) is 4.16. The van der Waals surface area contributed by atoms with E-state index in [1.165, 1.54) is 4.90 Å². The molecule has 0 saturated heterocycles. The minimum atomic E-state index is -0.200. The summed E-state index contributed by atoms with van der Waals surface area (Å²) in [4.78, 5) is 26.3. The second-order valence-electron chi connectivity index (χ2n) is 6.54. The fourth-order valence-corrected chi connectivity index (χ4v) is 2.81. The number of hydrogen-bond acceptors (Lipinski definition) is 2. The highest BCUT2D eigenvalue weighted by Gasteiger charge is 2.25. The molecule has 0 heterocycles. The molecule has 132 valence electrons. The molecule has 0 saturated carbocycles. The van der Waals surface area contributed by atoms with E-state index in [2.05, 4.69) is 19.2 Å². The van der Waals surface area contributed by atoms with Crippen molar-refractivity contribution in [3.8, 4) is 0 Å². The van der Waals surface area contributed by atoms with Gasteiger partial charge in [0, 0.05) is 25.3 Å². The fraction of sp³-hybridized carbons (Fsp3) is 0.333. The highest BCUT2D eigenvalue weighted by molar-refractivity contribution is 5.97. The van der Waals surface area contributed by atoms with Crippen molar-refractivity contribution < 1.29 is 9.59 Å². The molecule has 0 fully saturated rings. The summed E-state index contributed by atoms with van der Waals surface area (Å²) < 4.78 is 0. The zero-order chi connectivity index (χ0) is 18.4. The Labute approximate surface area is 149 Å². The summed E-state index contributed by atoms with van der Waals surface area (Å²) in [6.07, 6.45) is 0.920. The molecule has 4 heteroatoms. The third kappa shape index (κ3) is 4.69. The molecule has 2 rings (SSSR count). The van der Waals surface area contributed by atoms with Crippen LogP contribution in [0.25, 0.3) is 0 Å². The van der Waals surface area contributed by atoms with Gasteiger partial charge in [-0.1, -0.05) is 50.6 Å². The standard InChI is InChI=1S/C21H26N2O2/c1-5-15(2)19(16-9-7-6-8-10-16)20(24)22-18-13-11-17(12-14-18)21(25)23(3)4/h6-15,19H,5H2,1-4H3,(H,22,24). The monoisotopic (exact) mass is 338 g/mol. The lowest BCUT2D eigenvalue weighted by atomic mass is 9.85. The van der Waals surface area contributed by atoms with Gasteiger partial charge in [-0.3, -0.25) is 9.59 Å². The van der Waals surface area contributed by atoms with Gasteiger partial charge in [-0.05, 0) is 35.7 Å². The largest absolute Gasteiger partial charge is 0.345 e. The van der Waals surface area contributed by atoms with Crippen molar-refractivity contribution >= 4 is 17.5 Å². The fourth-order valence-electron chi connectivity index (χ4n) is 2.81.